The van der Waals surface area contributed by atoms with E-state index in [1.54, 1.807) is 12.0 Å². The summed E-state index contributed by atoms with van der Waals surface area (Å²) in [5, 5.41) is 2.67. The van der Waals surface area contributed by atoms with Crippen molar-refractivity contribution in [2.24, 2.45) is 0 Å². The number of ether oxygens (including phenoxy) is 1. The zero-order valence-electron chi connectivity index (χ0n) is 14.5. The van der Waals surface area contributed by atoms with Crippen LogP contribution < -0.4 is 15.0 Å². The Morgan fingerprint density at radius 2 is 1.77 bits per heavy atom. The van der Waals surface area contributed by atoms with Gasteiger partial charge in [-0.1, -0.05) is 0 Å². The average molecular weight is 361 g/mol. The van der Waals surface area contributed by atoms with Crippen molar-refractivity contribution in [3.63, 3.8) is 0 Å². The maximum absolute atomic E-state index is 13.6. The van der Waals surface area contributed by atoms with Gasteiger partial charge in [0.15, 0.2) is 0 Å². The molecule has 7 heteroatoms. The van der Waals surface area contributed by atoms with Crippen LogP contribution in [0.3, 0.4) is 0 Å². The number of rotatable bonds is 5. The van der Waals surface area contributed by atoms with Crippen LogP contribution in [0.15, 0.2) is 42.5 Å². The van der Waals surface area contributed by atoms with Crippen LogP contribution in [0.4, 0.5) is 20.2 Å². The van der Waals surface area contributed by atoms with Gasteiger partial charge in [0.05, 0.1) is 19.3 Å². The molecule has 2 aromatic carbocycles. The van der Waals surface area contributed by atoms with Crippen molar-refractivity contribution in [3.05, 3.63) is 54.1 Å². The predicted molar refractivity (Wildman–Crippen MR) is 96.6 cm³/mol. The van der Waals surface area contributed by atoms with Crippen LogP contribution in [-0.4, -0.2) is 50.6 Å². The van der Waals surface area contributed by atoms with Gasteiger partial charge < -0.3 is 19.9 Å². The molecule has 0 atom stereocenters. The molecule has 1 aliphatic heterocycles. The van der Waals surface area contributed by atoms with Crippen molar-refractivity contribution in [3.8, 4) is 5.75 Å². The van der Waals surface area contributed by atoms with Crippen molar-refractivity contribution < 1.29 is 18.3 Å². The fourth-order valence-corrected chi connectivity index (χ4v) is 2.92. The number of methoxy groups -OCH3 is 1. The topological polar surface area (TPSA) is 44.8 Å². The second-order valence-corrected chi connectivity index (χ2v) is 6.04. The van der Waals surface area contributed by atoms with Gasteiger partial charge in [-0.3, -0.25) is 4.79 Å². The fourth-order valence-electron chi connectivity index (χ4n) is 2.92. The van der Waals surface area contributed by atoms with E-state index >= 15 is 0 Å². The van der Waals surface area contributed by atoms with E-state index in [0.29, 0.717) is 26.2 Å². The highest BCUT2D eigenvalue weighted by Crippen LogP contribution is 2.20. The van der Waals surface area contributed by atoms with E-state index in [9.17, 15) is 13.6 Å². The zero-order valence-corrected chi connectivity index (χ0v) is 14.5. The van der Waals surface area contributed by atoms with E-state index in [1.165, 1.54) is 0 Å². The largest absolute Gasteiger partial charge is 0.497 e. The van der Waals surface area contributed by atoms with Gasteiger partial charge in [0.25, 0.3) is 0 Å². The van der Waals surface area contributed by atoms with Crippen LogP contribution in [0.25, 0.3) is 0 Å². The maximum atomic E-state index is 13.6. The third-order valence-corrected chi connectivity index (χ3v) is 4.43. The number of hydrogen-bond donors (Lipinski definition) is 1. The molecular weight excluding hydrogens is 340 g/mol. The second kappa shape index (κ2) is 8.03. The molecule has 0 spiro atoms. The van der Waals surface area contributed by atoms with Crippen molar-refractivity contribution in [1.29, 1.82) is 0 Å². The number of piperazine rings is 1. The minimum absolute atomic E-state index is 0.00443. The van der Waals surface area contributed by atoms with Crippen LogP contribution in [0.5, 0.6) is 5.75 Å². The molecule has 1 aliphatic rings. The second-order valence-electron chi connectivity index (χ2n) is 6.04. The van der Waals surface area contributed by atoms with Crippen LogP contribution in [0.2, 0.25) is 0 Å². The van der Waals surface area contributed by atoms with E-state index in [-0.39, 0.29) is 18.1 Å². The smallest absolute Gasteiger partial charge is 0.241 e. The van der Waals surface area contributed by atoms with Crippen LogP contribution in [0.1, 0.15) is 0 Å². The van der Waals surface area contributed by atoms with Crippen molar-refractivity contribution in [1.82, 2.24) is 4.90 Å². The quantitative estimate of drug-likeness (QED) is 0.890. The summed E-state index contributed by atoms with van der Waals surface area (Å²) in [6, 6.07) is 10.9. The summed E-state index contributed by atoms with van der Waals surface area (Å²) in [6.45, 7) is 2.53. The number of carbonyl (C=O) groups excluding carboxylic acids is 1. The van der Waals surface area contributed by atoms with Gasteiger partial charge in [0.2, 0.25) is 5.91 Å². The molecule has 1 saturated heterocycles. The number of carbonyl (C=O) groups is 1. The number of nitrogens with one attached hydrogen (secondary N) is 1. The Balaban J connectivity index is 1.50. The van der Waals surface area contributed by atoms with E-state index in [2.05, 4.69) is 10.2 Å². The Kier molecular flexibility index (Phi) is 5.55. The Bertz CT molecular complexity index is 760. The van der Waals surface area contributed by atoms with Gasteiger partial charge in [0.1, 0.15) is 17.4 Å². The third kappa shape index (κ3) is 4.22. The highest BCUT2D eigenvalue weighted by atomic mass is 19.1. The number of anilines is 2. The summed E-state index contributed by atoms with van der Waals surface area (Å²) < 4.78 is 31.9. The minimum Gasteiger partial charge on any atom is -0.497 e. The van der Waals surface area contributed by atoms with E-state index < -0.39 is 11.6 Å². The van der Waals surface area contributed by atoms with Gasteiger partial charge in [-0.25, -0.2) is 8.78 Å². The molecule has 1 N–H and O–H groups in total. The summed E-state index contributed by atoms with van der Waals surface area (Å²) in [6.07, 6.45) is 0. The van der Waals surface area contributed by atoms with Gasteiger partial charge in [-0.15, -0.1) is 0 Å². The maximum Gasteiger partial charge on any atom is 0.241 e. The number of hydrogen-bond acceptors (Lipinski definition) is 4. The standard InChI is InChI=1S/C19H21F2N3O2/c1-26-16-5-3-15(4-6-16)23-8-10-24(11-9-23)19(25)13-22-18-12-14(20)2-7-17(18)21/h2-7,12,22H,8-11,13H2,1H3. The number of amides is 1. The van der Waals surface area contributed by atoms with Gasteiger partial charge in [0, 0.05) is 31.9 Å². The van der Waals surface area contributed by atoms with Gasteiger partial charge in [-0.05, 0) is 42.5 Å². The molecule has 0 bridgehead atoms. The highest BCUT2D eigenvalue weighted by molar-refractivity contribution is 5.81. The molecule has 1 heterocycles. The Labute approximate surface area is 151 Å². The van der Waals surface area contributed by atoms with Crippen molar-refractivity contribution >= 4 is 17.3 Å². The van der Waals surface area contributed by atoms with E-state index in [1.807, 2.05) is 24.3 Å². The number of halogens is 2. The average Bonchev–Trinajstić information content (AvgIpc) is 2.68. The molecule has 0 radical (unpaired) electrons. The van der Waals surface area contributed by atoms with Gasteiger partial charge >= 0.3 is 0 Å². The summed E-state index contributed by atoms with van der Waals surface area (Å²) >= 11 is 0. The Hall–Kier alpha value is -2.83. The molecule has 0 aromatic heterocycles. The van der Waals surface area contributed by atoms with E-state index in [0.717, 1.165) is 29.6 Å². The lowest BCUT2D eigenvalue weighted by Gasteiger charge is -2.36. The number of nitrogens with zero attached hydrogens (tertiary/aromatic N) is 2. The monoisotopic (exact) mass is 361 g/mol. The molecule has 0 unspecified atom stereocenters. The first-order valence-corrected chi connectivity index (χ1v) is 8.42. The fraction of sp³-hybridized carbons (Fsp3) is 0.316. The van der Waals surface area contributed by atoms with E-state index in [4.69, 9.17) is 4.74 Å². The van der Waals surface area contributed by atoms with Crippen molar-refractivity contribution in [2.45, 2.75) is 0 Å². The highest BCUT2D eigenvalue weighted by Gasteiger charge is 2.21. The first-order chi connectivity index (χ1) is 12.6. The normalized spacial score (nSPS) is 14.3. The molecule has 2 aromatic rings. The molecular formula is C19H21F2N3O2. The number of benzene rings is 2. The SMILES string of the molecule is COc1ccc(N2CCN(C(=O)CNc3cc(F)ccc3F)CC2)cc1. The molecule has 0 aliphatic carbocycles. The molecule has 138 valence electrons. The molecule has 1 amide bonds. The van der Waals surface area contributed by atoms with Crippen LogP contribution in [0, 0.1) is 11.6 Å². The lowest BCUT2D eigenvalue weighted by Crippen LogP contribution is -2.50. The summed E-state index contributed by atoms with van der Waals surface area (Å²) in [5.74, 6) is -0.459. The predicted octanol–water partition coefficient (Wildman–Crippen LogP) is 2.73. The van der Waals surface area contributed by atoms with Crippen LogP contribution in [-0.2, 0) is 4.79 Å². The Morgan fingerprint density at radius 1 is 1.08 bits per heavy atom. The molecule has 26 heavy (non-hydrogen) atoms. The summed E-state index contributed by atoms with van der Waals surface area (Å²) in [5.41, 5.74) is 1.08. The van der Waals surface area contributed by atoms with Gasteiger partial charge in [-0.2, -0.15) is 0 Å². The molecule has 3 rings (SSSR count). The Morgan fingerprint density at radius 3 is 2.42 bits per heavy atom. The molecule has 1 fully saturated rings. The molecule has 5 nitrogen and oxygen atoms in total. The third-order valence-electron chi connectivity index (χ3n) is 4.43. The minimum atomic E-state index is -0.580. The van der Waals surface area contributed by atoms with Crippen molar-refractivity contribution in [2.75, 3.05) is 50.1 Å². The van der Waals surface area contributed by atoms with Crippen LogP contribution >= 0.6 is 0 Å². The first-order valence-electron chi connectivity index (χ1n) is 8.42. The first kappa shape index (κ1) is 18.0. The summed E-state index contributed by atoms with van der Waals surface area (Å²) in [7, 11) is 1.63. The zero-order chi connectivity index (χ0) is 18.5. The molecule has 0 saturated carbocycles. The lowest BCUT2D eigenvalue weighted by molar-refractivity contribution is -0.129. The lowest BCUT2D eigenvalue weighted by atomic mass is 10.2. The summed E-state index contributed by atoms with van der Waals surface area (Å²) in [4.78, 5) is 16.2.